The zero-order valence-corrected chi connectivity index (χ0v) is 15.4. The fourth-order valence-corrected chi connectivity index (χ4v) is 2.55. The first-order chi connectivity index (χ1) is 11.5. The largest absolute Gasteiger partial charge is 0.386 e. The molecule has 2 rings (SSSR count). The number of rotatable bonds is 5. The summed E-state index contributed by atoms with van der Waals surface area (Å²) >= 11 is 15.2. The van der Waals surface area contributed by atoms with Gasteiger partial charge in [-0.25, -0.2) is 0 Å². The number of carbonyl (C=O) groups is 1. The van der Waals surface area contributed by atoms with Crippen LogP contribution in [0.15, 0.2) is 58.7 Å². The molecule has 122 valence electrons. The molecule has 2 N–H and O–H groups in total. The van der Waals surface area contributed by atoms with Gasteiger partial charge in [-0.05, 0) is 29.8 Å². The molecule has 24 heavy (non-hydrogen) atoms. The summed E-state index contributed by atoms with van der Waals surface area (Å²) in [6.45, 7) is 0.479. The first-order valence-electron chi connectivity index (χ1n) is 6.84. The van der Waals surface area contributed by atoms with Crippen molar-refractivity contribution in [2.75, 3.05) is 5.32 Å². The van der Waals surface area contributed by atoms with Gasteiger partial charge in [-0.2, -0.15) is 5.26 Å². The quantitative estimate of drug-likeness (QED) is 0.530. The number of anilines is 1. The Hall–Kier alpha value is -2.00. The van der Waals surface area contributed by atoms with Crippen molar-refractivity contribution in [2.24, 2.45) is 0 Å². The highest BCUT2D eigenvalue weighted by Gasteiger charge is 2.10. The Morgan fingerprint density at radius 3 is 2.62 bits per heavy atom. The first kappa shape index (κ1) is 18.3. The molecule has 0 saturated heterocycles. The molecule has 0 unspecified atom stereocenters. The fraction of sp³-hybridized carbons (Fsp3) is 0.0588. The van der Waals surface area contributed by atoms with Crippen molar-refractivity contribution < 1.29 is 4.79 Å². The molecule has 0 radical (unpaired) electrons. The van der Waals surface area contributed by atoms with Crippen molar-refractivity contribution >= 4 is 50.7 Å². The summed E-state index contributed by atoms with van der Waals surface area (Å²) in [5.74, 6) is -0.532. The van der Waals surface area contributed by atoms with Gasteiger partial charge in [0, 0.05) is 22.9 Å². The van der Waals surface area contributed by atoms with Gasteiger partial charge < -0.3 is 10.6 Å². The highest BCUT2D eigenvalue weighted by molar-refractivity contribution is 9.10. The predicted octanol–water partition coefficient (Wildman–Crippen LogP) is 4.89. The molecule has 0 aliphatic heterocycles. The van der Waals surface area contributed by atoms with E-state index in [2.05, 4.69) is 26.6 Å². The number of nitrogens with zero attached hydrogens (tertiary/aromatic N) is 1. The molecule has 0 aliphatic rings. The lowest BCUT2D eigenvalue weighted by molar-refractivity contribution is -0.112. The SMILES string of the molecule is N#C/C(=C/NCc1ccccc1Br)C(=O)Nc1ccc(Cl)c(Cl)c1. The first-order valence-corrected chi connectivity index (χ1v) is 8.39. The molecule has 7 heteroatoms. The smallest absolute Gasteiger partial charge is 0.267 e. The average molecular weight is 425 g/mol. The molecular formula is C17H12BrCl2N3O. The second kappa shape index (κ2) is 8.74. The highest BCUT2D eigenvalue weighted by atomic mass is 79.9. The van der Waals surface area contributed by atoms with Gasteiger partial charge in [0.05, 0.1) is 10.0 Å². The zero-order valence-electron chi connectivity index (χ0n) is 12.3. The maximum absolute atomic E-state index is 12.1. The van der Waals surface area contributed by atoms with Crippen molar-refractivity contribution in [1.82, 2.24) is 5.32 Å². The molecule has 0 aliphatic carbocycles. The predicted molar refractivity (Wildman–Crippen MR) is 99.8 cm³/mol. The van der Waals surface area contributed by atoms with Crippen LogP contribution in [0, 0.1) is 11.3 Å². The van der Waals surface area contributed by atoms with Crippen LogP contribution in [0.3, 0.4) is 0 Å². The lowest BCUT2D eigenvalue weighted by Gasteiger charge is -2.07. The van der Waals surface area contributed by atoms with Crippen LogP contribution in [0.2, 0.25) is 10.0 Å². The van der Waals surface area contributed by atoms with E-state index in [-0.39, 0.29) is 5.57 Å². The van der Waals surface area contributed by atoms with E-state index in [1.165, 1.54) is 12.3 Å². The summed E-state index contributed by atoms with van der Waals surface area (Å²) in [5.41, 5.74) is 1.42. The third-order valence-corrected chi connectivity index (χ3v) is 4.55. The van der Waals surface area contributed by atoms with Crippen molar-refractivity contribution in [3.8, 4) is 6.07 Å². The van der Waals surface area contributed by atoms with E-state index in [0.29, 0.717) is 22.3 Å². The standard InChI is InChI=1S/C17H12BrCl2N3O/c18-14-4-2-1-3-11(14)9-22-10-12(8-21)17(24)23-13-5-6-15(19)16(20)7-13/h1-7,10,22H,9H2,(H,23,24)/b12-10-. The summed E-state index contributed by atoms with van der Waals surface area (Å²) in [7, 11) is 0. The van der Waals surface area contributed by atoms with E-state index in [0.717, 1.165) is 10.0 Å². The molecule has 0 fully saturated rings. The molecule has 0 atom stereocenters. The van der Waals surface area contributed by atoms with Crippen LogP contribution in [-0.4, -0.2) is 5.91 Å². The van der Waals surface area contributed by atoms with E-state index >= 15 is 0 Å². The number of carbonyl (C=O) groups excluding carboxylic acids is 1. The van der Waals surface area contributed by atoms with Crippen molar-refractivity contribution in [1.29, 1.82) is 5.26 Å². The van der Waals surface area contributed by atoms with Gasteiger partial charge in [0.1, 0.15) is 11.6 Å². The molecule has 0 spiro atoms. The van der Waals surface area contributed by atoms with Crippen LogP contribution >= 0.6 is 39.1 Å². The molecular weight excluding hydrogens is 413 g/mol. The summed E-state index contributed by atoms with van der Waals surface area (Å²) in [6, 6.07) is 14.2. The number of benzene rings is 2. The van der Waals surface area contributed by atoms with Crippen LogP contribution in [0.4, 0.5) is 5.69 Å². The Bertz CT molecular complexity index is 831. The van der Waals surface area contributed by atoms with E-state index in [4.69, 9.17) is 28.5 Å². The Morgan fingerprint density at radius 1 is 1.21 bits per heavy atom. The second-order valence-corrected chi connectivity index (χ2v) is 6.39. The van der Waals surface area contributed by atoms with Gasteiger partial charge in [0.15, 0.2) is 0 Å². The fourth-order valence-electron chi connectivity index (χ4n) is 1.83. The van der Waals surface area contributed by atoms with Crippen LogP contribution in [0.5, 0.6) is 0 Å². The van der Waals surface area contributed by atoms with E-state index in [9.17, 15) is 4.79 Å². The Labute approximate surface area is 158 Å². The number of halogens is 3. The molecule has 1 amide bonds. The van der Waals surface area contributed by atoms with E-state index in [1.807, 2.05) is 30.3 Å². The average Bonchev–Trinajstić information content (AvgIpc) is 2.56. The van der Waals surface area contributed by atoms with E-state index < -0.39 is 5.91 Å². The molecule has 2 aromatic carbocycles. The van der Waals surface area contributed by atoms with Crippen LogP contribution in [0.25, 0.3) is 0 Å². The van der Waals surface area contributed by atoms with Gasteiger partial charge in [0.2, 0.25) is 0 Å². The highest BCUT2D eigenvalue weighted by Crippen LogP contribution is 2.25. The maximum Gasteiger partial charge on any atom is 0.267 e. The number of hydrogen-bond donors (Lipinski definition) is 2. The van der Waals surface area contributed by atoms with Crippen molar-refractivity contribution in [3.05, 3.63) is 74.3 Å². The molecule has 0 heterocycles. The van der Waals surface area contributed by atoms with Crippen molar-refractivity contribution in [3.63, 3.8) is 0 Å². The normalized spacial score (nSPS) is 10.8. The molecule has 0 aromatic heterocycles. The minimum Gasteiger partial charge on any atom is -0.386 e. The Kier molecular flexibility index (Phi) is 6.68. The molecule has 2 aromatic rings. The van der Waals surface area contributed by atoms with Gasteiger partial charge in [-0.1, -0.05) is 57.3 Å². The summed E-state index contributed by atoms with van der Waals surface area (Å²) in [5, 5.41) is 15.4. The maximum atomic E-state index is 12.1. The molecule has 0 saturated carbocycles. The van der Waals surface area contributed by atoms with Gasteiger partial charge in [-0.3, -0.25) is 4.79 Å². The number of nitrogens with one attached hydrogen (secondary N) is 2. The monoisotopic (exact) mass is 423 g/mol. The van der Waals surface area contributed by atoms with Gasteiger partial charge in [0.25, 0.3) is 5.91 Å². The topological polar surface area (TPSA) is 64.9 Å². The lowest BCUT2D eigenvalue weighted by atomic mass is 10.2. The van der Waals surface area contributed by atoms with Crippen molar-refractivity contribution in [2.45, 2.75) is 6.54 Å². The molecule has 0 bridgehead atoms. The minimum atomic E-state index is -0.532. The summed E-state index contributed by atoms with van der Waals surface area (Å²) < 4.78 is 0.949. The van der Waals surface area contributed by atoms with E-state index in [1.54, 1.807) is 12.1 Å². The third kappa shape index (κ3) is 5.00. The third-order valence-electron chi connectivity index (χ3n) is 3.04. The Morgan fingerprint density at radius 2 is 1.96 bits per heavy atom. The summed E-state index contributed by atoms with van der Waals surface area (Å²) in [6.07, 6.45) is 1.38. The number of amides is 1. The zero-order chi connectivity index (χ0) is 17.5. The van der Waals surface area contributed by atoms with Crippen LogP contribution in [-0.2, 0) is 11.3 Å². The second-order valence-electron chi connectivity index (χ2n) is 4.73. The van der Waals surface area contributed by atoms with Gasteiger partial charge >= 0.3 is 0 Å². The Balaban J connectivity index is 2.01. The lowest BCUT2D eigenvalue weighted by Crippen LogP contribution is -2.16. The number of nitriles is 1. The summed E-state index contributed by atoms with van der Waals surface area (Å²) in [4.78, 5) is 12.1. The van der Waals surface area contributed by atoms with Crippen LogP contribution in [0.1, 0.15) is 5.56 Å². The van der Waals surface area contributed by atoms with Crippen LogP contribution < -0.4 is 10.6 Å². The number of hydrogen-bond acceptors (Lipinski definition) is 3. The molecule has 4 nitrogen and oxygen atoms in total. The minimum absolute atomic E-state index is 0.0480. The van der Waals surface area contributed by atoms with Gasteiger partial charge in [-0.15, -0.1) is 0 Å².